The Balaban J connectivity index is 1.84. The van der Waals surface area contributed by atoms with Gasteiger partial charge in [-0.1, -0.05) is 18.1 Å². The van der Waals surface area contributed by atoms with Gasteiger partial charge in [-0.3, -0.25) is 0 Å². The first-order valence-electron chi connectivity index (χ1n) is 7.51. The number of carbonyl (C=O) groups is 1. The second kappa shape index (κ2) is 8.96. The molecule has 2 amide bonds. The van der Waals surface area contributed by atoms with Gasteiger partial charge in [0.2, 0.25) is 0 Å². The van der Waals surface area contributed by atoms with Crippen LogP contribution in [0.25, 0.3) is 0 Å². The summed E-state index contributed by atoms with van der Waals surface area (Å²) in [5.41, 5.74) is 1.70. The highest BCUT2D eigenvalue weighted by molar-refractivity contribution is 7.07. The van der Waals surface area contributed by atoms with Gasteiger partial charge in [0.15, 0.2) is 0 Å². The molecule has 0 radical (unpaired) electrons. The maximum Gasteiger partial charge on any atom is 0.315 e. The Morgan fingerprint density at radius 2 is 2.25 bits per heavy atom. The van der Waals surface area contributed by atoms with E-state index in [1.165, 1.54) is 11.3 Å². The van der Waals surface area contributed by atoms with E-state index in [4.69, 9.17) is 11.2 Å². The fourth-order valence-corrected chi connectivity index (χ4v) is 2.81. The van der Waals surface area contributed by atoms with Gasteiger partial charge in [0, 0.05) is 6.54 Å². The van der Waals surface area contributed by atoms with Crippen LogP contribution in [0, 0.1) is 12.3 Å². The summed E-state index contributed by atoms with van der Waals surface area (Å²) in [5, 5.41) is 19.2. The van der Waals surface area contributed by atoms with Crippen molar-refractivity contribution in [1.82, 2.24) is 10.6 Å². The largest absolute Gasteiger partial charge is 0.481 e. The van der Waals surface area contributed by atoms with E-state index in [-0.39, 0.29) is 25.2 Å². The summed E-state index contributed by atoms with van der Waals surface area (Å²) in [6.07, 6.45) is 4.46. The first-order chi connectivity index (χ1) is 11.6. The van der Waals surface area contributed by atoms with Crippen LogP contribution in [0.2, 0.25) is 0 Å². The fourth-order valence-electron chi connectivity index (χ4n) is 2.10. The number of benzene rings is 1. The molecule has 0 spiro atoms. The molecular weight excluding hydrogens is 324 g/mol. The number of nitrogens with one attached hydrogen (secondary N) is 2. The number of ether oxygens (including phenoxy) is 1. The molecule has 0 aliphatic heterocycles. The predicted octanol–water partition coefficient (Wildman–Crippen LogP) is 2.85. The third-order valence-electron chi connectivity index (χ3n) is 3.41. The Labute approximate surface area is 145 Å². The van der Waals surface area contributed by atoms with E-state index < -0.39 is 6.10 Å². The van der Waals surface area contributed by atoms with Crippen molar-refractivity contribution in [3.63, 3.8) is 0 Å². The van der Waals surface area contributed by atoms with Crippen LogP contribution >= 0.6 is 11.3 Å². The molecule has 5 nitrogen and oxygen atoms in total. The average Bonchev–Trinajstić information content (AvgIpc) is 3.12. The van der Waals surface area contributed by atoms with Crippen molar-refractivity contribution in [2.75, 3.05) is 13.2 Å². The maximum atomic E-state index is 12.0. The highest BCUT2D eigenvalue weighted by atomic mass is 32.1. The Morgan fingerprint density at radius 1 is 1.42 bits per heavy atom. The maximum absolute atomic E-state index is 12.0. The molecule has 6 heteroatoms. The molecule has 1 heterocycles. The normalized spacial score (nSPS) is 12.7. The molecule has 126 valence electrons. The van der Waals surface area contributed by atoms with Crippen molar-refractivity contribution in [3.05, 3.63) is 52.2 Å². The highest BCUT2D eigenvalue weighted by Crippen LogP contribution is 2.19. The van der Waals surface area contributed by atoms with Crippen molar-refractivity contribution in [3.8, 4) is 18.1 Å². The van der Waals surface area contributed by atoms with Crippen molar-refractivity contribution in [2.45, 2.75) is 19.1 Å². The number of aliphatic hydroxyl groups excluding tert-OH is 1. The molecule has 0 fully saturated rings. The Bertz CT molecular complexity index is 695. The van der Waals surface area contributed by atoms with E-state index >= 15 is 0 Å². The van der Waals surface area contributed by atoms with Crippen LogP contribution in [-0.4, -0.2) is 24.3 Å². The van der Waals surface area contributed by atoms with Gasteiger partial charge < -0.3 is 20.5 Å². The number of hydrogen-bond donors (Lipinski definition) is 3. The molecule has 2 rings (SSSR count). The number of amides is 2. The third-order valence-corrected chi connectivity index (χ3v) is 4.11. The van der Waals surface area contributed by atoms with Crippen molar-refractivity contribution in [2.24, 2.45) is 0 Å². The molecule has 2 atom stereocenters. The molecule has 0 bridgehead atoms. The third kappa shape index (κ3) is 5.30. The summed E-state index contributed by atoms with van der Waals surface area (Å²) in [5.74, 6) is 3.07. The smallest absolute Gasteiger partial charge is 0.315 e. The predicted molar refractivity (Wildman–Crippen MR) is 95.0 cm³/mol. The van der Waals surface area contributed by atoms with Crippen LogP contribution in [0.4, 0.5) is 4.79 Å². The van der Waals surface area contributed by atoms with E-state index in [9.17, 15) is 9.90 Å². The minimum absolute atomic E-state index is 0.153. The standard InChI is InChI=1S/C18H20N2O3S/c1-3-8-23-16-6-4-5-14(10-16)13(2)20-18(22)19-11-17(21)15-7-9-24-12-15/h1,4-7,9-10,12-13,17,21H,8,11H2,2H3,(H2,19,20,22). The van der Waals surface area contributed by atoms with E-state index in [1.54, 1.807) is 0 Å². The molecule has 2 aromatic rings. The number of rotatable bonds is 7. The molecule has 2 unspecified atom stereocenters. The van der Waals surface area contributed by atoms with Crippen LogP contribution in [0.15, 0.2) is 41.1 Å². The summed E-state index contributed by atoms with van der Waals surface area (Å²) in [7, 11) is 0. The van der Waals surface area contributed by atoms with Gasteiger partial charge in [-0.2, -0.15) is 11.3 Å². The van der Waals surface area contributed by atoms with E-state index in [2.05, 4.69) is 16.6 Å². The lowest BCUT2D eigenvalue weighted by molar-refractivity contribution is 0.173. The molecule has 0 aliphatic carbocycles. The number of hydrogen-bond acceptors (Lipinski definition) is 4. The summed E-state index contributed by atoms with van der Waals surface area (Å²) in [6, 6.07) is 8.67. The van der Waals surface area contributed by atoms with Gasteiger partial charge in [-0.25, -0.2) is 4.79 Å². The summed E-state index contributed by atoms with van der Waals surface area (Å²) < 4.78 is 5.37. The van der Waals surface area contributed by atoms with Gasteiger partial charge in [0.05, 0.1) is 12.1 Å². The first kappa shape index (κ1) is 17.9. The van der Waals surface area contributed by atoms with Crippen molar-refractivity contribution >= 4 is 17.4 Å². The first-order valence-corrected chi connectivity index (χ1v) is 8.45. The Kier molecular flexibility index (Phi) is 6.67. The summed E-state index contributed by atoms with van der Waals surface area (Å²) in [6.45, 7) is 2.22. The highest BCUT2D eigenvalue weighted by Gasteiger charge is 2.13. The van der Waals surface area contributed by atoms with Gasteiger partial charge in [0.1, 0.15) is 12.4 Å². The van der Waals surface area contributed by atoms with Gasteiger partial charge in [-0.05, 0) is 47.0 Å². The van der Waals surface area contributed by atoms with Crippen LogP contribution in [0.5, 0.6) is 5.75 Å². The molecule has 0 aliphatic rings. The monoisotopic (exact) mass is 344 g/mol. The second-order valence-corrected chi connectivity index (χ2v) is 5.99. The number of aliphatic hydroxyl groups is 1. The fraction of sp³-hybridized carbons (Fsp3) is 0.278. The van der Waals surface area contributed by atoms with Gasteiger partial charge in [-0.15, -0.1) is 6.42 Å². The second-order valence-electron chi connectivity index (χ2n) is 5.21. The molecule has 0 saturated heterocycles. The number of urea groups is 1. The topological polar surface area (TPSA) is 70.6 Å². The molecule has 24 heavy (non-hydrogen) atoms. The van der Waals surface area contributed by atoms with Gasteiger partial charge >= 0.3 is 6.03 Å². The average molecular weight is 344 g/mol. The summed E-state index contributed by atoms with van der Waals surface area (Å²) >= 11 is 1.50. The minimum Gasteiger partial charge on any atom is -0.481 e. The van der Waals surface area contributed by atoms with Crippen LogP contribution in [0.3, 0.4) is 0 Å². The van der Waals surface area contributed by atoms with Crippen molar-refractivity contribution < 1.29 is 14.6 Å². The van der Waals surface area contributed by atoms with Crippen LogP contribution < -0.4 is 15.4 Å². The van der Waals surface area contributed by atoms with E-state index in [0.717, 1.165) is 11.1 Å². The summed E-state index contributed by atoms with van der Waals surface area (Å²) in [4.78, 5) is 12.0. The quantitative estimate of drug-likeness (QED) is 0.677. The van der Waals surface area contributed by atoms with Gasteiger partial charge in [0.25, 0.3) is 0 Å². The Hall–Kier alpha value is -2.49. The zero-order chi connectivity index (χ0) is 17.4. The number of carbonyl (C=O) groups excluding carboxylic acids is 1. The molecule has 3 N–H and O–H groups in total. The molecule has 1 aromatic heterocycles. The number of thiophene rings is 1. The Morgan fingerprint density at radius 3 is 2.96 bits per heavy atom. The molecular formula is C18H20N2O3S. The van der Waals surface area contributed by atoms with Crippen LogP contribution in [-0.2, 0) is 0 Å². The minimum atomic E-state index is -0.710. The zero-order valence-electron chi connectivity index (χ0n) is 13.4. The SMILES string of the molecule is C#CCOc1cccc(C(C)NC(=O)NCC(O)c2ccsc2)c1. The van der Waals surface area contributed by atoms with Crippen molar-refractivity contribution in [1.29, 1.82) is 0 Å². The number of terminal acetylenes is 1. The van der Waals surface area contributed by atoms with Crippen LogP contribution in [0.1, 0.15) is 30.2 Å². The lowest BCUT2D eigenvalue weighted by Gasteiger charge is -2.17. The molecule has 1 aromatic carbocycles. The molecule has 0 saturated carbocycles. The lowest BCUT2D eigenvalue weighted by Crippen LogP contribution is -2.39. The zero-order valence-corrected chi connectivity index (χ0v) is 14.2. The lowest BCUT2D eigenvalue weighted by atomic mass is 10.1. The van der Waals surface area contributed by atoms with E-state index in [0.29, 0.717) is 5.75 Å². The van der Waals surface area contributed by atoms with E-state index in [1.807, 2.05) is 48.0 Å².